The lowest BCUT2D eigenvalue weighted by molar-refractivity contribution is 0.466. The molecule has 0 aliphatic heterocycles. The molecule has 0 fully saturated rings. The Labute approximate surface area is 167 Å². The van der Waals surface area contributed by atoms with Gasteiger partial charge < -0.3 is 20.9 Å². The fraction of sp³-hybridized carbons (Fsp3) is 0.250. The van der Waals surface area contributed by atoms with E-state index >= 15 is 0 Å². The number of nitrogens with two attached hydrogens (primary N) is 2. The molecule has 0 aromatic heterocycles. The number of hydrogen-bond donors (Lipinski definition) is 2. The highest BCUT2D eigenvalue weighted by Gasteiger charge is 2.12. The summed E-state index contributed by atoms with van der Waals surface area (Å²) in [6.07, 6.45) is 0.805. The first-order chi connectivity index (χ1) is 13.3. The fourth-order valence-electron chi connectivity index (χ4n) is 3.29. The smallest absolute Gasteiger partial charge is 0.150 e. The summed E-state index contributed by atoms with van der Waals surface area (Å²) < 4.78 is 12.2. The molecule has 4 nitrogen and oxygen atoms in total. The van der Waals surface area contributed by atoms with Gasteiger partial charge in [0.05, 0.1) is 11.4 Å². The number of anilines is 2. The number of ether oxygens (including phenoxy) is 2. The molecular formula is C24H28N2O2. The lowest BCUT2D eigenvalue weighted by Crippen LogP contribution is -1.99. The second kappa shape index (κ2) is 7.85. The van der Waals surface area contributed by atoms with Crippen molar-refractivity contribution in [3.63, 3.8) is 0 Å². The van der Waals surface area contributed by atoms with Crippen molar-refractivity contribution in [2.45, 2.75) is 41.0 Å². The Morgan fingerprint density at radius 2 is 1.21 bits per heavy atom. The van der Waals surface area contributed by atoms with E-state index in [0.717, 1.165) is 45.7 Å². The summed E-state index contributed by atoms with van der Waals surface area (Å²) in [5.41, 5.74) is 19.0. The minimum absolute atomic E-state index is 0.659. The van der Waals surface area contributed by atoms with Crippen LogP contribution in [0.15, 0.2) is 42.5 Å². The first-order valence-electron chi connectivity index (χ1n) is 9.50. The van der Waals surface area contributed by atoms with Crippen molar-refractivity contribution in [3.05, 3.63) is 70.3 Å². The van der Waals surface area contributed by atoms with Crippen LogP contribution >= 0.6 is 0 Å². The zero-order valence-electron chi connectivity index (χ0n) is 17.2. The summed E-state index contributed by atoms with van der Waals surface area (Å²) >= 11 is 0. The molecule has 0 spiro atoms. The van der Waals surface area contributed by atoms with Crippen molar-refractivity contribution in [2.24, 2.45) is 0 Å². The van der Waals surface area contributed by atoms with Crippen LogP contribution < -0.4 is 20.9 Å². The third-order valence-corrected chi connectivity index (χ3v) is 4.85. The molecule has 0 saturated heterocycles. The lowest BCUT2D eigenvalue weighted by Gasteiger charge is -2.16. The average Bonchev–Trinajstić information content (AvgIpc) is 2.64. The average molecular weight is 377 g/mol. The third-order valence-electron chi connectivity index (χ3n) is 4.85. The Balaban J connectivity index is 1.91. The summed E-state index contributed by atoms with van der Waals surface area (Å²) in [7, 11) is 0. The van der Waals surface area contributed by atoms with E-state index in [1.165, 1.54) is 0 Å². The van der Waals surface area contributed by atoms with E-state index in [9.17, 15) is 0 Å². The van der Waals surface area contributed by atoms with Crippen molar-refractivity contribution in [2.75, 3.05) is 11.5 Å². The number of nitrogen functional groups attached to an aromatic ring is 2. The zero-order valence-corrected chi connectivity index (χ0v) is 17.2. The van der Waals surface area contributed by atoms with E-state index in [0.29, 0.717) is 22.9 Å². The van der Waals surface area contributed by atoms with Crippen molar-refractivity contribution in [1.29, 1.82) is 0 Å². The summed E-state index contributed by atoms with van der Waals surface area (Å²) in [4.78, 5) is 0. The summed E-state index contributed by atoms with van der Waals surface area (Å²) in [6, 6.07) is 13.8. The van der Waals surface area contributed by atoms with Crippen molar-refractivity contribution in [1.82, 2.24) is 0 Å². The molecule has 0 atom stereocenters. The maximum absolute atomic E-state index is 6.20. The molecule has 4 heteroatoms. The van der Waals surface area contributed by atoms with E-state index in [-0.39, 0.29) is 0 Å². The monoisotopic (exact) mass is 376 g/mol. The SMILES string of the molecule is CCc1cc(Oc2cc(C)cc(C)c2N)ccc1Oc1cc(C)cc(C)c1N. The summed E-state index contributed by atoms with van der Waals surface area (Å²) in [5.74, 6) is 2.86. The minimum atomic E-state index is 0.659. The predicted octanol–water partition coefficient (Wildman–Crippen LogP) is 6.23. The van der Waals surface area contributed by atoms with Gasteiger partial charge in [-0.3, -0.25) is 0 Å². The molecule has 3 aromatic carbocycles. The molecular weight excluding hydrogens is 348 g/mol. The quantitative estimate of drug-likeness (QED) is 0.518. The van der Waals surface area contributed by atoms with Crippen LogP contribution in [0.1, 0.15) is 34.7 Å². The molecule has 0 heterocycles. The van der Waals surface area contributed by atoms with E-state index in [4.69, 9.17) is 20.9 Å². The molecule has 0 saturated carbocycles. The molecule has 3 rings (SSSR count). The molecule has 0 aliphatic rings. The first-order valence-corrected chi connectivity index (χ1v) is 9.50. The zero-order chi connectivity index (χ0) is 20.4. The maximum atomic E-state index is 6.20. The van der Waals surface area contributed by atoms with Crippen molar-refractivity contribution in [3.8, 4) is 23.0 Å². The van der Waals surface area contributed by atoms with Gasteiger partial charge in [0.15, 0.2) is 11.5 Å². The van der Waals surface area contributed by atoms with Crippen molar-refractivity contribution < 1.29 is 9.47 Å². The van der Waals surface area contributed by atoms with Gasteiger partial charge in [-0.2, -0.15) is 0 Å². The first kappa shape index (κ1) is 19.6. The standard InChI is InChI=1S/C24H28N2O2/c1-6-18-13-19(27-21-11-14(2)9-16(4)23(21)25)7-8-20(18)28-22-12-15(3)10-17(5)24(22)26/h7-13H,6,25-26H2,1-5H3. The molecule has 0 bridgehead atoms. The van der Waals surface area contributed by atoms with Gasteiger partial charge in [0.2, 0.25) is 0 Å². The highest BCUT2D eigenvalue weighted by atomic mass is 16.5. The molecule has 0 aliphatic carbocycles. The van der Waals surface area contributed by atoms with Gasteiger partial charge >= 0.3 is 0 Å². The van der Waals surface area contributed by atoms with Gasteiger partial charge in [-0.15, -0.1) is 0 Å². The van der Waals surface area contributed by atoms with Gasteiger partial charge in [0, 0.05) is 0 Å². The Morgan fingerprint density at radius 3 is 1.75 bits per heavy atom. The van der Waals surface area contributed by atoms with E-state index in [1.807, 2.05) is 70.2 Å². The van der Waals surface area contributed by atoms with Crippen LogP contribution in [-0.4, -0.2) is 0 Å². The van der Waals surface area contributed by atoms with E-state index < -0.39 is 0 Å². The summed E-state index contributed by atoms with van der Waals surface area (Å²) in [6.45, 7) is 10.1. The molecule has 146 valence electrons. The van der Waals surface area contributed by atoms with Gasteiger partial charge in [0.1, 0.15) is 11.5 Å². The van der Waals surface area contributed by atoms with Crippen LogP contribution in [0.2, 0.25) is 0 Å². The van der Waals surface area contributed by atoms with Crippen LogP contribution in [-0.2, 0) is 6.42 Å². The van der Waals surface area contributed by atoms with Crippen LogP contribution in [0.3, 0.4) is 0 Å². The summed E-state index contributed by atoms with van der Waals surface area (Å²) in [5, 5.41) is 0. The van der Waals surface area contributed by atoms with E-state index in [2.05, 4.69) is 6.92 Å². The van der Waals surface area contributed by atoms with Crippen LogP contribution in [0.5, 0.6) is 23.0 Å². The topological polar surface area (TPSA) is 70.5 Å². The predicted molar refractivity (Wildman–Crippen MR) is 117 cm³/mol. The molecule has 28 heavy (non-hydrogen) atoms. The highest BCUT2D eigenvalue weighted by molar-refractivity contribution is 5.62. The van der Waals surface area contributed by atoms with Gasteiger partial charge in [-0.05, 0) is 92.3 Å². The van der Waals surface area contributed by atoms with Crippen LogP contribution in [0.4, 0.5) is 11.4 Å². The second-order valence-corrected chi connectivity index (χ2v) is 7.31. The maximum Gasteiger partial charge on any atom is 0.150 e. The van der Waals surface area contributed by atoms with Gasteiger partial charge in [0.25, 0.3) is 0 Å². The minimum Gasteiger partial charge on any atom is -0.455 e. The molecule has 0 unspecified atom stereocenters. The van der Waals surface area contributed by atoms with Gasteiger partial charge in [-0.25, -0.2) is 0 Å². The van der Waals surface area contributed by atoms with Crippen LogP contribution in [0, 0.1) is 27.7 Å². The number of benzene rings is 3. The molecule has 4 N–H and O–H groups in total. The Kier molecular flexibility index (Phi) is 5.50. The fourth-order valence-corrected chi connectivity index (χ4v) is 3.29. The molecule has 0 radical (unpaired) electrons. The highest BCUT2D eigenvalue weighted by Crippen LogP contribution is 2.37. The second-order valence-electron chi connectivity index (χ2n) is 7.31. The molecule has 0 amide bonds. The Bertz CT molecular complexity index is 1030. The molecule has 3 aromatic rings. The Morgan fingerprint density at radius 1 is 0.679 bits per heavy atom. The lowest BCUT2D eigenvalue weighted by atomic mass is 10.1. The number of aryl methyl sites for hydroxylation is 5. The number of hydrogen-bond acceptors (Lipinski definition) is 4. The van der Waals surface area contributed by atoms with Crippen LogP contribution in [0.25, 0.3) is 0 Å². The normalized spacial score (nSPS) is 10.8. The Hall–Kier alpha value is -3.14. The van der Waals surface area contributed by atoms with E-state index in [1.54, 1.807) is 0 Å². The largest absolute Gasteiger partial charge is 0.455 e. The van der Waals surface area contributed by atoms with Crippen molar-refractivity contribution >= 4 is 11.4 Å². The third kappa shape index (κ3) is 4.06. The van der Waals surface area contributed by atoms with Gasteiger partial charge in [-0.1, -0.05) is 19.1 Å². The number of rotatable bonds is 5.